The number of hydrogen-bond donors (Lipinski definition) is 1. The molecule has 0 saturated carbocycles. The molecule has 1 N–H and O–H groups in total. The summed E-state index contributed by atoms with van der Waals surface area (Å²) in [6.07, 6.45) is 4.85. The van der Waals surface area contributed by atoms with E-state index < -0.39 is 0 Å². The lowest BCUT2D eigenvalue weighted by molar-refractivity contribution is 0.850. The Kier molecular flexibility index (Phi) is 5.57. The monoisotopic (exact) mass is 367 g/mol. The fraction of sp³-hybridized carbons (Fsp3) is 0.333. The van der Waals surface area contributed by atoms with Gasteiger partial charge < -0.3 is 5.32 Å². The van der Waals surface area contributed by atoms with Crippen LogP contribution in [-0.2, 0) is 12.8 Å². The summed E-state index contributed by atoms with van der Waals surface area (Å²) in [7, 11) is 0. The summed E-state index contributed by atoms with van der Waals surface area (Å²) >= 11 is 2.27. The number of halogens is 1. The van der Waals surface area contributed by atoms with Crippen LogP contribution < -0.4 is 5.32 Å². The molecule has 1 aromatic heterocycles. The minimum absolute atomic E-state index is 0.877. The summed E-state index contributed by atoms with van der Waals surface area (Å²) in [5.74, 6) is 1.86. The van der Waals surface area contributed by atoms with Gasteiger partial charge in [-0.15, -0.1) is 0 Å². The molecule has 100 valence electrons. The molecule has 0 aliphatic carbocycles. The van der Waals surface area contributed by atoms with Gasteiger partial charge in [0.2, 0.25) is 0 Å². The van der Waals surface area contributed by atoms with Crippen LogP contribution in [0.5, 0.6) is 0 Å². The Morgan fingerprint density at radius 1 is 1.16 bits per heavy atom. The Morgan fingerprint density at radius 2 is 1.95 bits per heavy atom. The molecule has 19 heavy (non-hydrogen) atoms. The van der Waals surface area contributed by atoms with Crippen molar-refractivity contribution in [3.05, 3.63) is 51.5 Å². The number of nitrogens with one attached hydrogen (secondary N) is 1. The van der Waals surface area contributed by atoms with E-state index in [4.69, 9.17) is 0 Å². The number of nitrogens with zero attached hydrogens (tertiary/aromatic N) is 2. The lowest BCUT2D eigenvalue weighted by Crippen LogP contribution is -2.07. The third-order valence-electron chi connectivity index (χ3n) is 2.82. The lowest BCUT2D eigenvalue weighted by atomic mass is 10.1. The first kappa shape index (κ1) is 14.2. The molecule has 1 aromatic carbocycles. The van der Waals surface area contributed by atoms with Crippen LogP contribution in [-0.4, -0.2) is 16.5 Å². The molecule has 1 heterocycles. The van der Waals surface area contributed by atoms with Gasteiger partial charge in [0.15, 0.2) is 0 Å². The van der Waals surface area contributed by atoms with E-state index in [9.17, 15) is 0 Å². The van der Waals surface area contributed by atoms with Crippen molar-refractivity contribution in [2.75, 3.05) is 11.9 Å². The van der Waals surface area contributed by atoms with Gasteiger partial charge in [-0.25, -0.2) is 9.97 Å². The predicted octanol–water partition coefficient (Wildman–Crippen LogP) is 3.69. The molecular formula is C15H18IN3. The maximum atomic E-state index is 4.60. The van der Waals surface area contributed by atoms with Crippen LogP contribution in [0.3, 0.4) is 0 Å². The highest BCUT2D eigenvalue weighted by molar-refractivity contribution is 14.1. The first-order valence-electron chi connectivity index (χ1n) is 6.59. The summed E-state index contributed by atoms with van der Waals surface area (Å²) in [5, 5.41) is 3.34. The molecule has 0 fully saturated rings. The van der Waals surface area contributed by atoms with Gasteiger partial charge in [0, 0.05) is 19.2 Å². The van der Waals surface area contributed by atoms with E-state index in [0.717, 1.165) is 41.0 Å². The van der Waals surface area contributed by atoms with Crippen LogP contribution in [0.1, 0.15) is 24.7 Å². The number of anilines is 1. The molecular weight excluding hydrogens is 349 g/mol. The van der Waals surface area contributed by atoms with Crippen molar-refractivity contribution in [1.29, 1.82) is 0 Å². The van der Waals surface area contributed by atoms with Gasteiger partial charge in [-0.2, -0.15) is 0 Å². The van der Waals surface area contributed by atoms with Gasteiger partial charge in [0.1, 0.15) is 11.6 Å². The van der Waals surface area contributed by atoms with Crippen molar-refractivity contribution in [2.45, 2.75) is 26.2 Å². The van der Waals surface area contributed by atoms with Crippen LogP contribution in [0, 0.1) is 3.57 Å². The van der Waals surface area contributed by atoms with Crippen LogP contribution in [0.25, 0.3) is 0 Å². The van der Waals surface area contributed by atoms with E-state index in [1.54, 1.807) is 0 Å². The summed E-state index contributed by atoms with van der Waals surface area (Å²) in [4.78, 5) is 9.00. The standard InChI is InChI=1S/C15H18IN3/c1-2-10-17-15-13(16)11-18-14(19-15)9-8-12-6-4-3-5-7-12/h3-7,11H,2,8-10H2,1H3,(H,17,18,19). The molecule has 0 radical (unpaired) electrons. The van der Waals surface area contributed by atoms with Crippen LogP contribution >= 0.6 is 22.6 Å². The molecule has 0 amide bonds. The SMILES string of the molecule is CCCNc1nc(CCc2ccccc2)ncc1I. The smallest absolute Gasteiger partial charge is 0.143 e. The topological polar surface area (TPSA) is 37.8 Å². The normalized spacial score (nSPS) is 10.4. The van der Waals surface area contributed by atoms with Crippen LogP contribution in [0.15, 0.2) is 36.5 Å². The van der Waals surface area contributed by atoms with Crippen molar-refractivity contribution in [3.63, 3.8) is 0 Å². The first-order valence-corrected chi connectivity index (χ1v) is 7.66. The highest BCUT2D eigenvalue weighted by Crippen LogP contribution is 2.15. The fourth-order valence-corrected chi connectivity index (χ4v) is 2.24. The Morgan fingerprint density at radius 3 is 2.68 bits per heavy atom. The molecule has 0 spiro atoms. The number of hydrogen-bond acceptors (Lipinski definition) is 3. The molecule has 0 bridgehead atoms. The van der Waals surface area contributed by atoms with E-state index in [1.807, 2.05) is 12.3 Å². The fourth-order valence-electron chi connectivity index (χ4n) is 1.79. The quantitative estimate of drug-likeness (QED) is 0.792. The van der Waals surface area contributed by atoms with Gasteiger partial charge in [-0.3, -0.25) is 0 Å². The first-order chi connectivity index (χ1) is 9.29. The van der Waals surface area contributed by atoms with E-state index in [2.05, 4.69) is 69.1 Å². The molecule has 0 aliphatic heterocycles. The van der Waals surface area contributed by atoms with Gasteiger partial charge in [0.25, 0.3) is 0 Å². The second-order valence-electron chi connectivity index (χ2n) is 4.40. The number of aryl methyl sites for hydroxylation is 2. The molecule has 2 aromatic rings. The summed E-state index contributed by atoms with van der Waals surface area (Å²) in [6.45, 7) is 3.10. The molecule has 0 saturated heterocycles. The molecule has 4 heteroatoms. The van der Waals surface area contributed by atoms with Gasteiger partial charge >= 0.3 is 0 Å². The van der Waals surface area contributed by atoms with Gasteiger partial charge in [-0.1, -0.05) is 37.3 Å². The largest absolute Gasteiger partial charge is 0.369 e. The van der Waals surface area contributed by atoms with Crippen LogP contribution in [0.4, 0.5) is 5.82 Å². The maximum Gasteiger partial charge on any atom is 0.143 e. The Hall–Kier alpha value is -1.17. The highest BCUT2D eigenvalue weighted by atomic mass is 127. The minimum atomic E-state index is 0.877. The highest BCUT2D eigenvalue weighted by Gasteiger charge is 2.04. The molecule has 2 rings (SSSR count). The zero-order valence-corrected chi connectivity index (χ0v) is 13.2. The third-order valence-corrected chi connectivity index (χ3v) is 3.61. The van der Waals surface area contributed by atoms with E-state index in [-0.39, 0.29) is 0 Å². The summed E-state index contributed by atoms with van der Waals surface area (Å²) in [6, 6.07) is 10.5. The molecule has 0 unspecified atom stereocenters. The number of benzene rings is 1. The lowest BCUT2D eigenvalue weighted by Gasteiger charge is -2.08. The van der Waals surface area contributed by atoms with Crippen molar-refractivity contribution in [1.82, 2.24) is 9.97 Å². The minimum Gasteiger partial charge on any atom is -0.369 e. The Balaban J connectivity index is 2.00. The van der Waals surface area contributed by atoms with Gasteiger partial charge in [0.05, 0.1) is 3.57 Å². The summed E-state index contributed by atoms with van der Waals surface area (Å²) in [5.41, 5.74) is 1.33. The zero-order valence-electron chi connectivity index (χ0n) is 11.1. The predicted molar refractivity (Wildman–Crippen MR) is 87.4 cm³/mol. The molecule has 0 atom stereocenters. The van der Waals surface area contributed by atoms with Crippen molar-refractivity contribution in [2.24, 2.45) is 0 Å². The van der Waals surface area contributed by atoms with Gasteiger partial charge in [-0.05, 0) is 41.0 Å². The Labute approximate surface area is 128 Å². The average molecular weight is 367 g/mol. The van der Waals surface area contributed by atoms with E-state index >= 15 is 0 Å². The second kappa shape index (κ2) is 7.43. The van der Waals surface area contributed by atoms with Crippen molar-refractivity contribution in [3.8, 4) is 0 Å². The van der Waals surface area contributed by atoms with Crippen LogP contribution in [0.2, 0.25) is 0 Å². The van der Waals surface area contributed by atoms with E-state index in [1.165, 1.54) is 5.56 Å². The average Bonchev–Trinajstić information content (AvgIpc) is 2.46. The van der Waals surface area contributed by atoms with Crippen molar-refractivity contribution >= 4 is 28.4 Å². The Bertz CT molecular complexity index is 514. The third kappa shape index (κ3) is 4.45. The number of aromatic nitrogens is 2. The van der Waals surface area contributed by atoms with Crippen molar-refractivity contribution < 1.29 is 0 Å². The second-order valence-corrected chi connectivity index (χ2v) is 5.56. The summed E-state index contributed by atoms with van der Waals surface area (Å²) < 4.78 is 1.08. The molecule has 0 aliphatic rings. The maximum absolute atomic E-state index is 4.60. The number of rotatable bonds is 6. The van der Waals surface area contributed by atoms with E-state index in [0.29, 0.717) is 0 Å². The zero-order chi connectivity index (χ0) is 13.5. The molecule has 3 nitrogen and oxygen atoms in total.